The van der Waals surface area contributed by atoms with Crippen molar-refractivity contribution in [2.45, 2.75) is 12.7 Å². The van der Waals surface area contributed by atoms with Gasteiger partial charge in [0.05, 0.1) is 42.6 Å². The first kappa shape index (κ1) is 24.2. The predicted molar refractivity (Wildman–Crippen MR) is 136 cm³/mol. The first-order chi connectivity index (χ1) is 18.0. The van der Waals surface area contributed by atoms with Gasteiger partial charge in [0.1, 0.15) is 30.3 Å². The average Bonchev–Trinajstić information content (AvgIpc) is 2.90. The molecule has 4 aromatic rings. The number of aromatic nitrogens is 5. The lowest BCUT2D eigenvalue weighted by molar-refractivity contribution is -0.134. The Morgan fingerprint density at radius 1 is 1.22 bits per heavy atom. The maximum Gasteiger partial charge on any atom is 0.258 e. The summed E-state index contributed by atoms with van der Waals surface area (Å²) in [6.45, 7) is 4.62. The van der Waals surface area contributed by atoms with Gasteiger partial charge in [0.15, 0.2) is 11.6 Å². The van der Waals surface area contributed by atoms with Gasteiger partial charge in [0.25, 0.3) is 5.88 Å². The van der Waals surface area contributed by atoms with Crippen molar-refractivity contribution in [3.05, 3.63) is 72.6 Å². The number of methoxy groups -OCH3 is 1. The summed E-state index contributed by atoms with van der Waals surface area (Å²) < 4.78 is 17.2. The first-order valence-corrected chi connectivity index (χ1v) is 11.6. The summed E-state index contributed by atoms with van der Waals surface area (Å²) in [4.78, 5) is 34.8. The third-order valence-electron chi connectivity index (χ3n) is 5.56. The molecule has 1 amide bonds. The molecule has 4 heterocycles. The SMILES string of the molecule is C=CC(=O)N1CC(Oc2nc3c(Nc4ccc(OCc5cnccn5)c(Cl)c4)ncnc3cc2OC)C1. The van der Waals surface area contributed by atoms with Crippen LogP contribution in [0.25, 0.3) is 11.0 Å². The number of anilines is 2. The molecule has 1 saturated heterocycles. The Balaban J connectivity index is 1.34. The minimum atomic E-state index is -0.211. The highest BCUT2D eigenvalue weighted by molar-refractivity contribution is 6.32. The summed E-state index contributed by atoms with van der Waals surface area (Å²) >= 11 is 6.45. The highest BCUT2D eigenvalue weighted by atomic mass is 35.5. The van der Waals surface area contributed by atoms with Crippen LogP contribution in [-0.2, 0) is 11.4 Å². The lowest BCUT2D eigenvalue weighted by Crippen LogP contribution is -2.55. The third kappa shape index (κ3) is 5.36. The summed E-state index contributed by atoms with van der Waals surface area (Å²) in [5, 5.41) is 3.64. The number of amides is 1. The molecule has 0 spiro atoms. The number of carbonyl (C=O) groups is 1. The predicted octanol–water partition coefficient (Wildman–Crippen LogP) is 3.58. The molecule has 1 aromatic carbocycles. The molecule has 1 aliphatic heterocycles. The zero-order valence-corrected chi connectivity index (χ0v) is 20.6. The summed E-state index contributed by atoms with van der Waals surface area (Å²) in [5.41, 5.74) is 2.41. The van der Waals surface area contributed by atoms with E-state index in [1.54, 1.807) is 41.7 Å². The lowest BCUT2D eigenvalue weighted by atomic mass is 10.1. The van der Waals surface area contributed by atoms with Crippen molar-refractivity contribution in [1.82, 2.24) is 29.8 Å². The monoisotopic (exact) mass is 519 g/mol. The third-order valence-corrected chi connectivity index (χ3v) is 5.86. The number of hydrogen-bond acceptors (Lipinski definition) is 10. The number of nitrogens with one attached hydrogen (secondary N) is 1. The van der Waals surface area contributed by atoms with Crippen LogP contribution < -0.4 is 19.5 Å². The molecule has 0 unspecified atom stereocenters. The van der Waals surface area contributed by atoms with Crippen molar-refractivity contribution in [3.63, 3.8) is 0 Å². The van der Waals surface area contributed by atoms with Crippen LogP contribution in [0.1, 0.15) is 5.69 Å². The molecule has 37 heavy (non-hydrogen) atoms. The lowest BCUT2D eigenvalue weighted by Gasteiger charge is -2.38. The number of benzene rings is 1. The zero-order chi connectivity index (χ0) is 25.8. The number of nitrogens with zero attached hydrogens (tertiary/aromatic N) is 6. The van der Waals surface area contributed by atoms with E-state index < -0.39 is 0 Å². The topological polar surface area (TPSA) is 124 Å². The van der Waals surface area contributed by atoms with Gasteiger partial charge in [-0.15, -0.1) is 0 Å². The number of rotatable bonds is 9. The van der Waals surface area contributed by atoms with Gasteiger partial charge >= 0.3 is 0 Å². The van der Waals surface area contributed by atoms with Crippen molar-refractivity contribution < 1.29 is 19.0 Å². The second-order valence-corrected chi connectivity index (χ2v) is 8.44. The Kier molecular flexibility index (Phi) is 6.95. The van der Waals surface area contributed by atoms with Crippen molar-refractivity contribution in [3.8, 4) is 17.4 Å². The molecular weight excluding hydrogens is 498 g/mol. The van der Waals surface area contributed by atoms with Gasteiger partial charge in [-0.25, -0.2) is 15.0 Å². The van der Waals surface area contributed by atoms with Crippen molar-refractivity contribution in [1.29, 1.82) is 0 Å². The van der Waals surface area contributed by atoms with Crippen LogP contribution in [0.5, 0.6) is 17.4 Å². The molecular formula is C25H22ClN7O4. The summed E-state index contributed by atoms with van der Waals surface area (Å²) in [5.74, 6) is 1.54. The molecule has 12 heteroatoms. The summed E-state index contributed by atoms with van der Waals surface area (Å²) in [6, 6.07) is 7.02. The van der Waals surface area contributed by atoms with Gasteiger partial charge in [-0.2, -0.15) is 0 Å². The van der Waals surface area contributed by atoms with E-state index in [1.807, 2.05) is 6.07 Å². The van der Waals surface area contributed by atoms with Gasteiger partial charge in [0, 0.05) is 24.1 Å². The van der Waals surface area contributed by atoms with Crippen LogP contribution in [0.4, 0.5) is 11.5 Å². The number of ether oxygens (including phenoxy) is 3. The highest BCUT2D eigenvalue weighted by Crippen LogP contribution is 2.34. The number of halogens is 1. The fraction of sp³-hybridized carbons (Fsp3) is 0.200. The van der Waals surface area contributed by atoms with Gasteiger partial charge in [-0.3, -0.25) is 14.8 Å². The Morgan fingerprint density at radius 3 is 2.81 bits per heavy atom. The van der Waals surface area contributed by atoms with Gasteiger partial charge in [-0.05, 0) is 24.3 Å². The normalized spacial score (nSPS) is 13.1. The van der Waals surface area contributed by atoms with Crippen LogP contribution in [0.15, 0.2) is 61.8 Å². The number of hydrogen-bond donors (Lipinski definition) is 1. The van der Waals surface area contributed by atoms with Crippen LogP contribution in [0.3, 0.4) is 0 Å². The van der Waals surface area contributed by atoms with Crippen LogP contribution in [0.2, 0.25) is 5.02 Å². The van der Waals surface area contributed by atoms with Crippen LogP contribution in [0, 0.1) is 0 Å². The molecule has 1 fully saturated rings. The van der Waals surface area contributed by atoms with E-state index in [0.717, 1.165) is 0 Å². The molecule has 0 atom stereocenters. The second kappa shape index (κ2) is 10.6. The average molecular weight is 520 g/mol. The van der Waals surface area contributed by atoms with Crippen LogP contribution >= 0.6 is 11.6 Å². The van der Waals surface area contributed by atoms with E-state index in [0.29, 0.717) is 57.8 Å². The molecule has 5 rings (SSSR count). The Hall–Kier alpha value is -4.51. The van der Waals surface area contributed by atoms with E-state index in [4.69, 9.17) is 25.8 Å². The van der Waals surface area contributed by atoms with Gasteiger partial charge < -0.3 is 24.4 Å². The zero-order valence-electron chi connectivity index (χ0n) is 19.8. The van der Waals surface area contributed by atoms with Gasteiger partial charge in [0.2, 0.25) is 5.91 Å². The molecule has 0 saturated carbocycles. The van der Waals surface area contributed by atoms with Gasteiger partial charge in [-0.1, -0.05) is 18.2 Å². The Morgan fingerprint density at radius 2 is 2.08 bits per heavy atom. The molecule has 0 bridgehead atoms. The number of likely N-dealkylation sites (tertiary alicyclic amines) is 1. The maximum atomic E-state index is 11.7. The molecule has 1 aliphatic rings. The fourth-order valence-electron chi connectivity index (χ4n) is 3.64. The smallest absolute Gasteiger partial charge is 0.258 e. The molecule has 0 aliphatic carbocycles. The largest absolute Gasteiger partial charge is 0.491 e. The maximum absolute atomic E-state index is 11.7. The number of carbonyl (C=O) groups excluding carboxylic acids is 1. The highest BCUT2D eigenvalue weighted by Gasteiger charge is 2.32. The van der Waals surface area contributed by atoms with E-state index in [2.05, 4.69) is 36.8 Å². The minimum Gasteiger partial charge on any atom is -0.491 e. The molecule has 3 aromatic heterocycles. The van der Waals surface area contributed by atoms with E-state index in [1.165, 1.54) is 19.5 Å². The Bertz CT molecular complexity index is 1450. The summed E-state index contributed by atoms with van der Waals surface area (Å²) in [7, 11) is 1.53. The Labute approximate surface area is 217 Å². The molecule has 11 nitrogen and oxygen atoms in total. The number of fused-ring (bicyclic) bond motifs is 1. The molecule has 0 radical (unpaired) electrons. The van der Waals surface area contributed by atoms with Crippen molar-refractivity contribution >= 4 is 40.0 Å². The van der Waals surface area contributed by atoms with E-state index >= 15 is 0 Å². The molecule has 188 valence electrons. The van der Waals surface area contributed by atoms with Crippen molar-refractivity contribution in [2.24, 2.45) is 0 Å². The minimum absolute atomic E-state index is 0.137. The first-order valence-electron chi connectivity index (χ1n) is 11.3. The van der Waals surface area contributed by atoms with E-state index in [-0.39, 0.29) is 24.5 Å². The quantitative estimate of drug-likeness (QED) is 0.328. The standard InChI is InChI=1S/C25H22ClN7O4/c1-3-22(34)33-11-17(12-33)37-25-21(35-2)9-19-23(32-25)24(30-14-29-19)31-15-4-5-20(18(26)8-15)36-13-16-10-27-6-7-28-16/h3-10,14,17H,1,11-13H2,2H3,(H,29,30,31). The van der Waals surface area contributed by atoms with Crippen molar-refractivity contribution in [2.75, 3.05) is 25.5 Å². The second-order valence-electron chi connectivity index (χ2n) is 8.03. The fourth-order valence-corrected chi connectivity index (χ4v) is 3.88. The molecule has 1 N–H and O–H groups in total. The van der Waals surface area contributed by atoms with Crippen LogP contribution in [-0.4, -0.2) is 62.0 Å². The number of pyridine rings is 1. The summed E-state index contributed by atoms with van der Waals surface area (Å²) in [6.07, 6.45) is 7.33. The van der Waals surface area contributed by atoms with E-state index in [9.17, 15) is 4.79 Å².